The number of rotatable bonds is 7. The molecule has 0 aromatic heterocycles. The molecule has 0 spiro atoms. The highest BCUT2D eigenvalue weighted by molar-refractivity contribution is 5.69. The van der Waals surface area contributed by atoms with E-state index in [1.807, 2.05) is 6.92 Å². The van der Waals surface area contributed by atoms with Crippen molar-refractivity contribution in [3.05, 3.63) is 0 Å². The number of hydrogen-bond acceptors (Lipinski definition) is 5. The van der Waals surface area contributed by atoms with E-state index in [0.717, 1.165) is 32.0 Å². The van der Waals surface area contributed by atoms with Gasteiger partial charge in [0.05, 0.1) is 19.2 Å². The molecule has 1 saturated carbocycles. The van der Waals surface area contributed by atoms with Crippen LogP contribution in [0.15, 0.2) is 0 Å². The first kappa shape index (κ1) is 17.2. The van der Waals surface area contributed by atoms with Gasteiger partial charge in [0.25, 0.3) is 0 Å². The largest absolute Gasteiger partial charge is 0.466 e. The van der Waals surface area contributed by atoms with Crippen LogP contribution in [0, 0.1) is 23.2 Å². The van der Waals surface area contributed by atoms with E-state index < -0.39 is 0 Å². The van der Waals surface area contributed by atoms with E-state index in [0.29, 0.717) is 31.5 Å². The number of hydrogen-bond donors (Lipinski definition) is 1. The molecule has 2 fully saturated rings. The number of nitriles is 1. The molecule has 1 aliphatic heterocycles. The molecule has 5 nitrogen and oxygen atoms in total. The summed E-state index contributed by atoms with van der Waals surface area (Å²) in [6.07, 6.45) is 6.89. The molecule has 2 rings (SSSR count). The standard InChI is InChI=1S/C17H29N3O2/c1-2-22-17(21)10-15-9-16(13-20(12-15)8-7-18)19-11-14-5-3-4-6-14/h14-16,19H,2-6,8-13H2,1H3. The van der Waals surface area contributed by atoms with Gasteiger partial charge in [0.1, 0.15) is 0 Å². The lowest BCUT2D eigenvalue weighted by Crippen LogP contribution is -2.50. The average molecular weight is 307 g/mol. The SMILES string of the molecule is CCOC(=O)CC1CC(NCC2CCCC2)CN(CC#N)C1. The van der Waals surface area contributed by atoms with Crippen molar-refractivity contribution >= 4 is 5.97 Å². The van der Waals surface area contributed by atoms with Crippen molar-refractivity contribution in [3.63, 3.8) is 0 Å². The van der Waals surface area contributed by atoms with Crippen LogP contribution in [-0.4, -0.2) is 49.7 Å². The molecule has 5 heteroatoms. The van der Waals surface area contributed by atoms with Crippen LogP contribution < -0.4 is 5.32 Å². The van der Waals surface area contributed by atoms with Crippen LogP contribution in [0.25, 0.3) is 0 Å². The lowest BCUT2D eigenvalue weighted by Gasteiger charge is -2.37. The minimum Gasteiger partial charge on any atom is -0.466 e. The van der Waals surface area contributed by atoms with Gasteiger partial charge in [0.2, 0.25) is 0 Å². The second-order valence-corrected chi connectivity index (χ2v) is 6.72. The second kappa shape index (κ2) is 9.12. The third-order valence-corrected chi connectivity index (χ3v) is 4.84. The first-order valence-electron chi connectivity index (χ1n) is 8.69. The van der Waals surface area contributed by atoms with E-state index in [1.165, 1.54) is 25.7 Å². The lowest BCUT2D eigenvalue weighted by molar-refractivity contribution is -0.144. The summed E-state index contributed by atoms with van der Waals surface area (Å²) in [6.45, 7) is 5.55. The van der Waals surface area contributed by atoms with E-state index in [1.54, 1.807) is 0 Å². The summed E-state index contributed by atoms with van der Waals surface area (Å²) in [5.74, 6) is 0.998. The highest BCUT2D eigenvalue weighted by Crippen LogP contribution is 2.25. The van der Waals surface area contributed by atoms with Crippen LogP contribution in [0.5, 0.6) is 0 Å². The summed E-state index contributed by atoms with van der Waals surface area (Å²) >= 11 is 0. The Morgan fingerprint density at radius 3 is 2.77 bits per heavy atom. The van der Waals surface area contributed by atoms with E-state index in [-0.39, 0.29) is 5.97 Å². The van der Waals surface area contributed by atoms with Gasteiger partial charge in [-0.15, -0.1) is 0 Å². The summed E-state index contributed by atoms with van der Waals surface area (Å²) in [7, 11) is 0. The molecule has 0 bridgehead atoms. The summed E-state index contributed by atoms with van der Waals surface area (Å²) in [4.78, 5) is 13.9. The molecule has 0 amide bonds. The van der Waals surface area contributed by atoms with Gasteiger partial charge in [-0.25, -0.2) is 0 Å². The van der Waals surface area contributed by atoms with Crippen LogP contribution >= 0.6 is 0 Å². The smallest absolute Gasteiger partial charge is 0.306 e. The van der Waals surface area contributed by atoms with Crippen molar-refractivity contribution in [1.82, 2.24) is 10.2 Å². The molecule has 0 aromatic carbocycles. The van der Waals surface area contributed by atoms with Crippen LogP contribution in [-0.2, 0) is 9.53 Å². The minimum atomic E-state index is -0.110. The molecule has 1 saturated heterocycles. The predicted molar refractivity (Wildman–Crippen MR) is 85.2 cm³/mol. The van der Waals surface area contributed by atoms with Gasteiger partial charge in [-0.3, -0.25) is 9.69 Å². The number of nitrogens with zero attached hydrogens (tertiary/aromatic N) is 2. The monoisotopic (exact) mass is 307 g/mol. The Morgan fingerprint density at radius 2 is 2.09 bits per heavy atom. The fourth-order valence-electron chi connectivity index (χ4n) is 3.83. The van der Waals surface area contributed by atoms with Crippen molar-refractivity contribution < 1.29 is 9.53 Å². The Kier molecular flexibility index (Phi) is 7.14. The van der Waals surface area contributed by atoms with Crippen molar-refractivity contribution in [2.24, 2.45) is 11.8 Å². The molecular weight excluding hydrogens is 278 g/mol. The fourth-order valence-corrected chi connectivity index (χ4v) is 3.83. The fraction of sp³-hybridized carbons (Fsp3) is 0.882. The molecule has 1 aliphatic carbocycles. The number of likely N-dealkylation sites (tertiary alicyclic amines) is 1. The quantitative estimate of drug-likeness (QED) is 0.575. The number of esters is 1. The second-order valence-electron chi connectivity index (χ2n) is 6.72. The Bertz CT molecular complexity index is 388. The maximum Gasteiger partial charge on any atom is 0.306 e. The van der Waals surface area contributed by atoms with E-state index >= 15 is 0 Å². The van der Waals surface area contributed by atoms with Crippen LogP contribution in [0.3, 0.4) is 0 Å². The Morgan fingerprint density at radius 1 is 1.32 bits per heavy atom. The van der Waals surface area contributed by atoms with Crippen molar-refractivity contribution in [3.8, 4) is 6.07 Å². The lowest BCUT2D eigenvalue weighted by atomic mass is 9.91. The van der Waals surface area contributed by atoms with E-state index in [9.17, 15) is 4.79 Å². The molecular formula is C17H29N3O2. The van der Waals surface area contributed by atoms with Crippen LogP contribution in [0.4, 0.5) is 0 Å². The van der Waals surface area contributed by atoms with Gasteiger partial charge < -0.3 is 10.1 Å². The highest BCUT2D eigenvalue weighted by atomic mass is 16.5. The van der Waals surface area contributed by atoms with Crippen LogP contribution in [0.2, 0.25) is 0 Å². The zero-order valence-corrected chi connectivity index (χ0v) is 13.7. The number of piperidine rings is 1. The maximum atomic E-state index is 11.7. The molecule has 0 aromatic rings. The number of ether oxygens (including phenoxy) is 1. The number of carbonyl (C=O) groups is 1. The first-order chi connectivity index (χ1) is 10.7. The van der Waals surface area contributed by atoms with Crippen LogP contribution in [0.1, 0.15) is 45.4 Å². The normalized spacial score (nSPS) is 26.7. The maximum absolute atomic E-state index is 11.7. The zero-order chi connectivity index (χ0) is 15.8. The van der Waals surface area contributed by atoms with Crippen molar-refractivity contribution in [2.45, 2.75) is 51.5 Å². The molecule has 1 heterocycles. The topological polar surface area (TPSA) is 65.4 Å². The molecule has 124 valence electrons. The summed E-state index contributed by atoms with van der Waals surface area (Å²) in [6, 6.07) is 2.63. The van der Waals surface area contributed by atoms with Crippen molar-refractivity contribution in [2.75, 3.05) is 32.8 Å². The van der Waals surface area contributed by atoms with E-state index in [4.69, 9.17) is 10.00 Å². The molecule has 2 atom stereocenters. The predicted octanol–water partition coefficient (Wildman–Crippen LogP) is 1.93. The third-order valence-electron chi connectivity index (χ3n) is 4.84. The average Bonchev–Trinajstić information content (AvgIpc) is 2.99. The van der Waals surface area contributed by atoms with Gasteiger partial charge >= 0.3 is 5.97 Å². The number of nitrogens with one attached hydrogen (secondary N) is 1. The van der Waals surface area contributed by atoms with Gasteiger partial charge in [-0.2, -0.15) is 5.26 Å². The van der Waals surface area contributed by atoms with Gasteiger partial charge in [0.15, 0.2) is 0 Å². The van der Waals surface area contributed by atoms with Gasteiger partial charge in [0, 0.05) is 25.6 Å². The molecule has 22 heavy (non-hydrogen) atoms. The van der Waals surface area contributed by atoms with E-state index in [2.05, 4.69) is 16.3 Å². The summed E-state index contributed by atoms with van der Waals surface area (Å²) < 4.78 is 5.07. The zero-order valence-electron chi connectivity index (χ0n) is 13.7. The summed E-state index contributed by atoms with van der Waals surface area (Å²) in [5.41, 5.74) is 0. The third kappa shape index (κ3) is 5.58. The minimum absolute atomic E-state index is 0.110. The Balaban J connectivity index is 1.82. The molecule has 1 N–H and O–H groups in total. The Labute approximate surface area is 134 Å². The number of carbonyl (C=O) groups excluding carboxylic acids is 1. The highest BCUT2D eigenvalue weighted by Gasteiger charge is 2.29. The molecule has 2 aliphatic rings. The van der Waals surface area contributed by atoms with Gasteiger partial charge in [-0.05, 0) is 44.6 Å². The molecule has 2 unspecified atom stereocenters. The Hall–Kier alpha value is -1.12. The first-order valence-corrected chi connectivity index (χ1v) is 8.69. The molecule has 0 radical (unpaired) electrons. The van der Waals surface area contributed by atoms with Crippen molar-refractivity contribution in [1.29, 1.82) is 5.26 Å². The van der Waals surface area contributed by atoms with Gasteiger partial charge in [-0.1, -0.05) is 12.8 Å². The summed E-state index contributed by atoms with van der Waals surface area (Å²) in [5, 5.41) is 12.6.